The third-order valence-corrected chi connectivity index (χ3v) is 9.94. The minimum Gasteiger partial charge on any atom is -0.465 e. The molecular weight excluding hydrogens is 622 g/mol. The summed E-state index contributed by atoms with van der Waals surface area (Å²) in [5.74, 6) is 0.841. The van der Waals surface area contributed by atoms with Crippen molar-refractivity contribution in [2.45, 2.75) is 213 Å². The largest absolute Gasteiger partial charge is 0.465 e. The third kappa shape index (κ3) is 31.8. The number of carbonyl (C=O) groups excluding carboxylic acids is 2. The molecule has 0 bridgehead atoms. The fourth-order valence-electron chi connectivity index (χ4n) is 6.27. The minimum atomic E-state index is -0.0247. The van der Waals surface area contributed by atoms with Crippen LogP contribution in [0.5, 0.6) is 0 Å². The van der Waals surface area contributed by atoms with Crippen LogP contribution in [0.3, 0.4) is 0 Å². The first kappa shape index (κ1) is 44.4. The van der Waals surface area contributed by atoms with Crippen LogP contribution in [0.25, 0.3) is 0 Å². The number of ether oxygens (including phenoxy) is 1. The molecule has 0 aliphatic heterocycles. The summed E-state index contributed by atoms with van der Waals surface area (Å²) >= 11 is 3.51. The van der Waals surface area contributed by atoms with Crippen LogP contribution in [-0.4, -0.2) is 41.8 Å². The van der Waals surface area contributed by atoms with Crippen LogP contribution in [0, 0.1) is 5.92 Å². The number of alkyl halides is 1. The van der Waals surface area contributed by atoms with Crippen molar-refractivity contribution in [2.75, 3.05) is 25.0 Å². The average Bonchev–Trinajstić information content (AvgIpc) is 3.04. The second kappa shape index (κ2) is 36.3. The van der Waals surface area contributed by atoms with Gasteiger partial charge >= 0.3 is 5.97 Å². The molecule has 0 spiro atoms. The number of amides is 1. The second-order valence-corrected chi connectivity index (χ2v) is 14.6. The average molecular weight is 701 g/mol. The fraction of sp³-hybridized carbons (Fsp3) is 0.950. The van der Waals surface area contributed by atoms with Gasteiger partial charge in [-0.1, -0.05) is 172 Å². The fourth-order valence-corrected chi connectivity index (χ4v) is 6.67. The monoisotopic (exact) mass is 700 g/mol. The van der Waals surface area contributed by atoms with Gasteiger partial charge in [0.2, 0.25) is 5.91 Å². The number of esters is 1. The summed E-state index contributed by atoms with van der Waals surface area (Å²) in [5.41, 5.74) is 0. The highest BCUT2D eigenvalue weighted by Crippen LogP contribution is 2.20. The molecule has 0 aromatic rings. The lowest BCUT2D eigenvalue weighted by Crippen LogP contribution is -2.32. The number of hydrogen-bond acceptors (Lipinski definition) is 3. The van der Waals surface area contributed by atoms with Gasteiger partial charge in [-0.2, -0.15) is 0 Å². The van der Waals surface area contributed by atoms with E-state index in [0.717, 1.165) is 56.9 Å². The van der Waals surface area contributed by atoms with E-state index in [-0.39, 0.29) is 5.97 Å². The number of unbranched alkanes of at least 4 members (excludes halogenated alkanes) is 21. The Hall–Kier alpha value is -0.580. The second-order valence-electron chi connectivity index (χ2n) is 13.8. The summed E-state index contributed by atoms with van der Waals surface area (Å²) in [6, 6.07) is 0. The smallest absolute Gasteiger partial charge is 0.305 e. The summed E-state index contributed by atoms with van der Waals surface area (Å²) in [5, 5.41) is 1.08. The molecule has 0 saturated heterocycles. The summed E-state index contributed by atoms with van der Waals surface area (Å²) in [4.78, 5) is 27.8. The number of rotatable bonds is 36. The molecule has 45 heavy (non-hydrogen) atoms. The molecule has 0 radical (unpaired) electrons. The van der Waals surface area contributed by atoms with Gasteiger partial charge in [0.1, 0.15) is 0 Å². The highest BCUT2D eigenvalue weighted by molar-refractivity contribution is 9.09. The van der Waals surface area contributed by atoms with Crippen molar-refractivity contribution in [2.24, 2.45) is 5.92 Å². The third-order valence-electron chi connectivity index (χ3n) is 9.38. The Labute approximate surface area is 290 Å². The first-order chi connectivity index (χ1) is 22.1. The maximum atomic E-state index is 13.1. The summed E-state index contributed by atoms with van der Waals surface area (Å²) in [6.07, 6.45) is 35.7. The normalized spacial score (nSPS) is 12.0. The van der Waals surface area contributed by atoms with E-state index in [1.807, 2.05) is 0 Å². The summed E-state index contributed by atoms with van der Waals surface area (Å²) in [7, 11) is 0. The maximum absolute atomic E-state index is 13.1. The van der Waals surface area contributed by atoms with Crippen LogP contribution in [0.4, 0.5) is 0 Å². The van der Waals surface area contributed by atoms with Gasteiger partial charge < -0.3 is 9.64 Å². The SMILES string of the molecule is CCCCCCCCCCN(CCCCCC(=O)OCC(CCCCCC)CCCCCCCC)C(=O)CCCCCCCBr. The molecule has 0 fully saturated rings. The van der Waals surface area contributed by atoms with Crippen molar-refractivity contribution in [3.63, 3.8) is 0 Å². The molecule has 268 valence electrons. The topological polar surface area (TPSA) is 46.6 Å². The van der Waals surface area contributed by atoms with E-state index in [4.69, 9.17) is 4.74 Å². The van der Waals surface area contributed by atoms with Crippen molar-refractivity contribution >= 4 is 27.8 Å². The summed E-state index contributed by atoms with van der Waals surface area (Å²) in [6.45, 7) is 9.15. The summed E-state index contributed by atoms with van der Waals surface area (Å²) < 4.78 is 5.80. The van der Waals surface area contributed by atoms with Crippen molar-refractivity contribution in [1.82, 2.24) is 4.90 Å². The molecule has 0 saturated carbocycles. The first-order valence-electron chi connectivity index (χ1n) is 20.1. The van der Waals surface area contributed by atoms with Gasteiger partial charge in [-0.05, 0) is 50.9 Å². The van der Waals surface area contributed by atoms with Crippen molar-refractivity contribution in [3.05, 3.63) is 0 Å². The Bertz CT molecular complexity index is 629. The van der Waals surface area contributed by atoms with Crippen molar-refractivity contribution < 1.29 is 14.3 Å². The van der Waals surface area contributed by atoms with E-state index in [2.05, 4.69) is 41.6 Å². The number of hydrogen-bond donors (Lipinski definition) is 0. The number of carbonyl (C=O) groups is 2. The van der Waals surface area contributed by atoms with Crippen LogP contribution in [0.2, 0.25) is 0 Å². The highest BCUT2D eigenvalue weighted by atomic mass is 79.9. The van der Waals surface area contributed by atoms with Gasteiger partial charge in [-0.3, -0.25) is 9.59 Å². The molecule has 5 heteroatoms. The molecule has 0 aliphatic carbocycles. The Morgan fingerprint density at radius 2 is 0.911 bits per heavy atom. The lowest BCUT2D eigenvalue weighted by atomic mass is 9.95. The van der Waals surface area contributed by atoms with Crippen molar-refractivity contribution in [3.8, 4) is 0 Å². The maximum Gasteiger partial charge on any atom is 0.305 e. The van der Waals surface area contributed by atoms with E-state index >= 15 is 0 Å². The molecule has 0 heterocycles. The van der Waals surface area contributed by atoms with Crippen LogP contribution in [-0.2, 0) is 14.3 Å². The predicted molar refractivity (Wildman–Crippen MR) is 200 cm³/mol. The quantitative estimate of drug-likeness (QED) is 0.0371. The van der Waals surface area contributed by atoms with E-state index in [1.54, 1.807) is 0 Å². The molecule has 1 unspecified atom stereocenters. The van der Waals surface area contributed by atoms with E-state index in [9.17, 15) is 9.59 Å². The predicted octanol–water partition coefficient (Wildman–Crippen LogP) is 13.1. The van der Waals surface area contributed by atoms with Crippen molar-refractivity contribution in [1.29, 1.82) is 0 Å². The van der Waals surface area contributed by atoms with Crippen LogP contribution >= 0.6 is 15.9 Å². The van der Waals surface area contributed by atoms with Gasteiger partial charge in [-0.25, -0.2) is 0 Å². The van der Waals surface area contributed by atoms with E-state index < -0.39 is 0 Å². The lowest BCUT2D eigenvalue weighted by molar-refractivity contribution is -0.145. The zero-order valence-corrected chi connectivity index (χ0v) is 32.3. The van der Waals surface area contributed by atoms with Crippen LogP contribution in [0.1, 0.15) is 213 Å². The number of nitrogens with zero attached hydrogens (tertiary/aromatic N) is 1. The molecule has 1 atom stereocenters. The molecule has 0 N–H and O–H groups in total. The molecule has 0 aromatic heterocycles. The molecule has 0 aromatic carbocycles. The molecule has 0 rings (SSSR count). The van der Waals surface area contributed by atoms with Crippen LogP contribution in [0.15, 0.2) is 0 Å². The zero-order valence-electron chi connectivity index (χ0n) is 30.7. The van der Waals surface area contributed by atoms with Gasteiger partial charge in [0.25, 0.3) is 0 Å². The van der Waals surface area contributed by atoms with E-state index in [0.29, 0.717) is 31.3 Å². The Morgan fingerprint density at radius 1 is 0.511 bits per heavy atom. The van der Waals surface area contributed by atoms with Crippen LogP contribution < -0.4 is 0 Å². The highest BCUT2D eigenvalue weighted by Gasteiger charge is 2.14. The Morgan fingerprint density at radius 3 is 1.44 bits per heavy atom. The molecule has 0 aliphatic rings. The Kier molecular flexibility index (Phi) is 35.8. The zero-order chi connectivity index (χ0) is 33.1. The van der Waals surface area contributed by atoms with E-state index in [1.165, 1.54) is 141 Å². The minimum absolute atomic E-state index is 0.0247. The van der Waals surface area contributed by atoms with Gasteiger partial charge in [-0.15, -0.1) is 0 Å². The first-order valence-corrected chi connectivity index (χ1v) is 21.2. The standard InChI is InChI=1S/C40H78BrNO3/c1-4-7-10-13-15-16-21-28-35-42(39(43)32-25-19-17-20-27-34-41)36-29-22-26-33-40(44)45-37-38(30-23-12-9-6-3)31-24-18-14-11-8-5-2/h38H,4-37H2,1-3H3. The lowest BCUT2D eigenvalue weighted by Gasteiger charge is -2.23. The van der Waals surface area contributed by atoms with Gasteiger partial charge in [0.15, 0.2) is 0 Å². The number of halogens is 1. The molecule has 1 amide bonds. The van der Waals surface area contributed by atoms with Gasteiger partial charge in [0.05, 0.1) is 6.61 Å². The Balaban J connectivity index is 4.42. The molecule has 4 nitrogen and oxygen atoms in total. The molecular formula is C40H78BrNO3. The van der Waals surface area contributed by atoms with Gasteiger partial charge in [0, 0.05) is 31.3 Å².